The second-order valence-corrected chi connectivity index (χ2v) is 6.05. The van der Waals surface area contributed by atoms with Crippen molar-refractivity contribution >= 4 is 5.91 Å². The van der Waals surface area contributed by atoms with Crippen molar-refractivity contribution in [1.29, 1.82) is 0 Å². The van der Waals surface area contributed by atoms with Gasteiger partial charge in [-0.05, 0) is 29.9 Å². The summed E-state index contributed by atoms with van der Waals surface area (Å²) in [6.45, 7) is 7.57. The van der Waals surface area contributed by atoms with Crippen molar-refractivity contribution in [3.63, 3.8) is 0 Å². The van der Waals surface area contributed by atoms with Gasteiger partial charge in [0.1, 0.15) is 0 Å². The molecule has 0 saturated carbocycles. The van der Waals surface area contributed by atoms with E-state index >= 15 is 0 Å². The van der Waals surface area contributed by atoms with Crippen LogP contribution in [0.3, 0.4) is 0 Å². The third kappa shape index (κ3) is 2.75. The first-order chi connectivity index (χ1) is 8.39. The van der Waals surface area contributed by atoms with E-state index in [0.29, 0.717) is 6.54 Å². The molecule has 1 aromatic rings. The Hall–Kier alpha value is -1.29. The quantitative estimate of drug-likeness (QED) is 0.854. The fraction of sp³-hybridized carbons (Fsp3) is 0.643. The van der Waals surface area contributed by atoms with Crippen molar-refractivity contribution in [1.82, 2.24) is 9.88 Å². The van der Waals surface area contributed by atoms with Crippen LogP contribution in [0, 0.1) is 5.41 Å². The molecule has 1 aromatic heterocycles. The molecule has 1 unspecified atom stereocenters. The maximum Gasteiger partial charge on any atom is 0.216 e. The Balaban J connectivity index is 2.12. The fourth-order valence-corrected chi connectivity index (χ4v) is 2.86. The lowest BCUT2D eigenvalue weighted by Crippen LogP contribution is -2.31. The zero-order valence-corrected chi connectivity index (χ0v) is 11.5. The lowest BCUT2D eigenvalue weighted by molar-refractivity contribution is -0.118. The van der Waals surface area contributed by atoms with E-state index < -0.39 is 0 Å². The summed E-state index contributed by atoms with van der Waals surface area (Å²) in [5.41, 5.74) is 9.10. The molecular formula is C14H23N3O. The maximum absolute atomic E-state index is 10.9. The number of carbonyl (C=O) groups is 1. The Bertz CT molecular complexity index is 448. The highest BCUT2D eigenvalue weighted by Crippen LogP contribution is 2.39. The van der Waals surface area contributed by atoms with Gasteiger partial charge in [0, 0.05) is 37.9 Å². The zero-order chi connectivity index (χ0) is 13.3. The molecule has 0 radical (unpaired) electrons. The first-order valence-corrected chi connectivity index (χ1v) is 6.57. The van der Waals surface area contributed by atoms with Crippen LogP contribution in [0.15, 0.2) is 12.3 Å². The minimum absolute atomic E-state index is 0.0213. The van der Waals surface area contributed by atoms with Gasteiger partial charge in [0.2, 0.25) is 5.91 Å². The predicted octanol–water partition coefficient (Wildman–Crippen LogP) is 1.60. The van der Waals surface area contributed by atoms with Crippen molar-refractivity contribution in [3.05, 3.63) is 23.5 Å². The predicted molar refractivity (Wildman–Crippen MR) is 72.1 cm³/mol. The summed E-state index contributed by atoms with van der Waals surface area (Å²) in [5.74, 6) is 0.0213. The number of nitrogens with one attached hydrogen (secondary N) is 1. The number of aromatic nitrogens is 1. The number of carbonyl (C=O) groups excluding carboxylic acids is 1. The summed E-state index contributed by atoms with van der Waals surface area (Å²) < 4.78 is 2.23. The third-order valence-corrected chi connectivity index (χ3v) is 3.66. The molecule has 0 fully saturated rings. The van der Waals surface area contributed by atoms with E-state index in [1.165, 1.54) is 11.3 Å². The molecule has 100 valence electrons. The summed E-state index contributed by atoms with van der Waals surface area (Å²) in [6, 6.07) is 2.27. The molecule has 1 amide bonds. The first-order valence-electron chi connectivity index (χ1n) is 6.57. The van der Waals surface area contributed by atoms with Crippen LogP contribution in [0.1, 0.15) is 44.5 Å². The largest absolute Gasteiger partial charge is 0.355 e. The Morgan fingerprint density at radius 1 is 1.61 bits per heavy atom. The summed E-state index contributed by atoms with van der Waals surface area (Å²) in [7, 11) is 0. The van der Waals surface area contributed by atoms with Crippen LogP contribution in [0.5, 0.6) is 0 Å². The van der Waals surface area contributed by atoms with Crippen molar-refractivity contribution in [3.8, 4) is 0 Å². The molecule has 0 spiro atoms. The molecule has 1 aliphatic carbocycles. The highest BCUT2D eigenvalue weighted by Gasteiger charge is 2.32. The molecule has 0 bridgehead atoms. The molecule has 18 heavy (non-hydrogen) atoms. The number of amides is 1. The van der Waals surface area contributed by atoms with Gasteiger partial charge in [-0.15, -0.1) is 0 Å². The van der Waals surface area contributed by atoms with Crippen LogP contribution in [0.2, 0.25) is 0 Å². The van der Waals surface area contributed by atoms with Gasteiger partial charge < -0.3 is 15.6 Å². The van der Waals surface area contributed by atoms with Crippen molar-refractivity contribution in [2.45, 2.75) is 46.2 Å². The van der Waals surface area contributed by atoms with E-state index in [1.807, 2.05) is 0 Å². The van der Waals surface area contributed by atoms with Crippen LogP contribution < -0.4 is 11.1 Å². The molecule has 1 aliphatic rings. The van der Waals surface area contributed by atoms with E-state index in [-0.39, 0.29) is 17.4 Å². The average molecular weight is 249 g/mol. The molecule has 0 aliphatic heterocycles. The van der Waals surface area contributed by atoms with E-state index in [0.717, 1.165) is 19.4 Å². The van der Waals surface area contributed by atoms with E-state index in [9.17, 15) is 4.79 Å². The number of fused-ring (bicyclic) bond motifs is 1. The number of nitrogens with zero attached hydrogens (tertiary/aromatic N) is 1. The Morgan fingerprint density at radius 3 is 3.00 bits per heavy atom. The molecule has 1 atom stereocenters. The topological polar surface area (TPSA) is 60.0 Å². The molecular weight excluding hydrogens is 226 g/mol. The smallest absolute Gasteiger partial charge is 0.216 e. The van der Waals surface area contributed by atoms with Gasteiger partial charge >= 0.3 is 0 Å². The minimum atomic E-state index is 0.0213. The number of nitrogens with two attached hydrogens (primary N) is 1. The second kappa shape index (κ2) is 4.76. The second-order valence-electron chi connectivity index (χ2n) is 6.05. The standard InChI is InChI=1S/C14H23N3O/c1-10(18)16-5-7-17-6-4-11-12(15)8-14(2,3)9-13(11)17/h4,6,12H,5,7-9,15H2,1-3H3,(H,16,18). The summed E-state index contributed by atoms with van der Waals surface area (Å²) >= 11 is 0. The van der Waals surface area contributed by atoms with Crippen LogP contribution >= 0.6 is 0 Å². The normalized spacial score (nSPS) is 21.4. The summed E-state index contributed by atoms with van der Waals surface area (Å²) in [5, 5.41) is 2.83. The van der Waals surface area contributed by atoms with Gasteiger partial charge in [-0.25, -0.2) is 0 Å². The van der Waals surface area contributed by atoms with Crippen LogP contribution in [-0.4, -0.2) is 17.0 Å². The summed E-state index contributed by atoms with van der Waals surface area (Å²) in [4.78, 5) is 10.9. The monoisotopic (exact) mass is 249 g/mol. The zero-order valence-electron chi connectivity index (χ0n) is 11.5. The van der Waals surface area contributed by atoms with Crippen molar-refractivity contribution in [2.24, 2.45) is 11.1 Å². The maximum atomic E-state index is 10.9. The molecule has 4 heteroatoms. The molecule has 4 nitrogen and oxygen atoms in total. The minimum Gasteiger partial charge on any atom is -0.355 e. The van der Waals surface area contributed by atoms with Gasteiger partial charge in [0.05, 0.1) is 0 Å². The van der Waals surface area contributed by atoms with Crippen LogP contribution in [0.25, 0.3) is 0 Å². The average Bonchev–Trinajstić information content (AvgIpc) is 2.59. The fourth-order valence-electron chi connectivity index (χ4n) is 2.86. The molecule has 0 saturated heterocycles. The van der Waals surface area contributed by atoms with Crippen molar-refractivity contribution in [2.75, 3.05) is 6.54 Å². The van der Waals surface area contributed by atoms with E-state index in [1.54, 1.807) is 6.92 Å². The highest BCUT2D eigenvalue weighted by molar-refractivity contribution is 5.72. The van der Waals surface area contributed by atoms with E-state index in [4.69, 9.17) is 5.73 Å². The molecule has 3 N–H and O–H groups in total. The number of hydrogen-bond donors (Lipinski definition) is 2. The van der Waals surface area contributed by atoms with Crippen LogP contribution in [0.4, 0.5) is 0 Å². The van der Waals surface area contributed by atoms with Gasteiger partial charge in [0.15, 0.2) is 0 Å². The van der Waals surface area contributed by atoms with Gasteiger partial charge in [-0.3, -0.25) is 4.79 Å². The van der Waals surface area contributed by atoms with Gasteiger partial charge in [-0.2, -0.15) is 0 Å². The molecule has 2 rings (SSSR count). The molecule has 0 aromatic carbocycles. The Labute approximate surface area is 109 Å². The Kier molecular flexibility index (Phi) is 3.48. The lowest BCUT2D eigenvalue weighted by atomic mass is 9.74. The first kappa shape index (κ1) is 13.1. The van der Waals surface area contributed by atoms with Crippen molar-refractivity contribution < 1.29 is 4.79 Å². The third-order valence-electron chi connectivity index (χ3n) is 3.66. The summed E-state index contributed by atoms with van der Waals surface area (Å²) in [6.07, 6.45) is 4.19. The number of rotatable bonds is 3. The van der Waals surface area contributed by atoms with E-state index in [2.05, 4.69) is 36.0 Å². The van der Waals surface area contributed by atoms with Gasteiger partial charge in [-0.1, -0.05) is 13.8 Å². The highest BCUT2D eigenvalue weighted by atomic mass is 16.1. The molecule has 1 heterocycles. The lowest BCUT2D eigenvalue weighted by Gasteiger charge is -2.34. The number of hydrogen-bond acceptors (Lipinski definition) is 2. The SMILES string of the molecule is CC(=O)NCCn1ccc2c1CC(C)(C)CC2N. The van der Waals surface area contributed by atoms with Gasteiger partial charge in [0.25, 0.3) is 0 Å². The van der Waals surface area contributed by atoms with Crippen LogP contribution in [-0.2, 0) is 17.8 Å². The Morgan fingerprint density at radius 2 is 2.33 bits per heavy atom.